The normalized spacial score (nSPS) is 12.2. The monoisotopic (exact) mass is 823 g/mol. The highest BCUT2D eigenvalue weighted by Crippen LogP contribution is 2.42. The van der Waals surface area contributed by atoms with Gasteiger partial charge in [0.1, 0.15) is 23.8 Å². The Balaban J connectivity index is 1.02. The number of amidine groups is 1. The SMILES string of the molecule is C=CN=C(N=CC)c1cccc2c1c1cc(-c3ccc4oc5ccc(-c6ccc7c(c6)c6c(-c8ncncn8)cccc6n7-c6ccccc6)cc5c4c3)ccc1n2-c1ccccc1. The molecule has 12 aromatic rings. The van der Waals surface area contributed by atoms with Gasteiger partial charge in [-0.25, -0.2) is 24.9 Å². The van der Waals surface area contributed by atoms with E-state index in [-0.39, 0.29) is 0 Å². The minimum Gasteiger partial charge on any atom is -0.456 e. The summed E-state index contributed by atoms with van der Waals surface area (Å²) in [5.74, 6) is 1.26. The molecular weight excluding hydrogens is 787 g/mol. The van der Waals surface area contributed by atoms with Crippen molar-refractivity contribution in [3.63, 3.8) is 0 Å². The van der Waals surface area contributed by atoms with Gasteiger partial charge < -0.3 is 13.6 Å². The Morgan fingerprint density at radius 1 is 0.531 bits per heavy atom. The predicted octanol–water partition coefficient (Wildman–Crippen LogP) is 13.9. The number of aromatic nitrogens is 5. The van der Waals surface area contributed by atoms with Gasteiger partial charge in [0.25, 0.3) is 0 Å². The van der Waals surface area contributed by atoms with Gasteiger partial charge in [-0.3, -0.25) is 0 Å². The topological polar surface area (TPSA) is 86.4 Å². The van der Waals surface area contributed by atoms with Gasteiger partial charge >= 0.3 is 0 Å². The highest BCUT2D eigenvalue weighted by atomic mass is 16.3. The van der Waals surface area contributed by atoms with Crippen molar-refractivity contribution in [2.75, 3.05) is 0 Å². The van der Waals surface area contributed by atoms with Gasteiger partial charge in [0.05, 0.1) is 22.1 Å². The zero-order valence-corrected chi connectivity index (χ0v) is 34.7. The first kappa shape index (κ1) is 37.0. The van der Waals surface area contributed by atoms with Gasteiger partial charge in [0, 0.05) is 67.2 Å². The van der Waals surface area contributed by atoms with Gasteiger partial charge in [-0.2, -0.15) is 0 Å². The van der Waals surface area contributed by atoms with Crippen LogP contribution in [0.4, 0.5) is 0 Å². The maximum atomic E-state index is 6.49. The summed E-state index contributed by atoms with van der Waals surface area (Å²) in [4.78, 5) is 22.5. The summed E-state index contributed by atoms with van der Waals surface area (Å²) in [7, 11) is 0. The van der Waals surface area contributed by atoms with Crippen LogP contribution in [0.25, 0.3) is 111 Å². The molecule has 0 unspecified atom stereocenters. The quantitative estimate of drug-likeness (QED) is 0.118. The number of furan rings is 1. The lowest BCUT2D eigenvalue weighted by Crippen LogP contribution is -1.98. The van der Waals surface area contributed by atoms with Crippen molar-refractivity contribution < 1.29 is 4.42 Å². The third-order valence-corrected chi connectivity index (χ3v) is 12.2. The van der Waals surface area contributed by atoms with Crippen molar-refractivity contribution in [1.82, 2.24) is 24.1 Å². The molecule has 0 aliphatic carbocycles. The summed E-state index contributed by atoms with van der Waals surface area (Å²) in [5.41, 5.74) is 14.5. The molecule has 0 amide bonds. The Bertz CT molecular complexity index is 3860. The fourth-order valence-corrected chi connectivity index (χ4v) is 9.48. The molecule has 0 aliphatic rings. The highest BCUT2D eigenvalue weighted by Gasteiger charge is 2.21. The number of aliphatic imine (C=N–C) groups is 2. The van der Waals surface area contributed by atoms with E-state index in [1.54, 1.807) is 25.1 Å². The van der Waals surface area contributed by atoms with Crippen LogP contribution in [-0.2, 0) is 0 Å². The molecule has 8 heteroatoms. The lowest BCUT2D eigenvalue weighted by molar-refractivity contribution is 0.669. The Morgan fingerprint density at radius 2 is 1.05 bits per heavy atom. The van der Waals surface area contributed by atoms with Crippen molar-refractivity contribution in [3.05, 3.63) is 201 Å². The average molecular weight is 824 g/mol. The zero-order chi connectivity index (χ0) is 42.7. The van der Waals surface area contributed by atoms with Crippen LogP contribution in [0.3, 0.4) is 0 Å². The Kier molecular flexibility index (Phi) is 8.69. The molecule has 0 aliphatic heterocycles. The standard InChI is InChI=1S/C56H37N7O/c1-3-58-55(59-4-2)41-17-11-19-49-53(41)45-31-35(21-25-47(45)62(49)39-13-7-5-8-14-39)37-23-27-51-43(29-37)44-30-38(24-28-52(44)64-51)36-22-26-48-46(32-36)54-42(56-60-33-57-34-61-56)18-12-20-50(54)63(48)40-15-9-6-10-16-40/h3-34H,1H2,2H3. The van der Waals surface area contributed by atoms with E-state index in [2.05, 4.69) is 198 Å². The summed E-state index contributed by atoms with van der Waals surface area (Å²) >= 11 is 0. The molecule has 8 nitrogen and oxygen atoms in total. The summed E-state index contributed by atoms with van der Waals surface area (Å²) in [6, 6.07) is 60.1. The van der Waals surface area contributed by atoms with Crippen LogP contribution in [0.1, 0.15) is 12.5 Å². The van der Waals surface area contributed by atoms with Crippen molar-refractivity contribution >= 4 is 77.6 Å². The summed E-state index contributed by atoms with van der Waals surface area (Å²) in [5, 5.41) is 6.50. The Hall–Kier alpha value is -8.75. The lowest BCUT2D eigenvalue weighted by Gasteiger charge is -2.08. The third-order valence-electron chi connectivity index (χ3n) is 12.2. The van der Waals surface area contributed by atoms with E-state index < -0.39 is 0 Å². The average Bonchev–Trinajstić information content (AvgIpc) is 4.01. The van der Waals surface area contributed by atoms with Gasteiger partial charge in [-0.15, -0.1) is 0 Å². The maximum Gasteiger partial charge on any atom is 0.163 e. The van der Waals surface area contributed by atoms with Gasteiger partial charge in [0.2, 0.25) is 0 Å². The van der Waals surface area contributed by atoms with E-state index in [0.29, 0.717) is 11.7 Å². The molecule has 0 bridgehead atoms. The number of fused-ring (bicyclic) bond motifs is 9. The van der Waals surface area contributed by atoms with Crippen LogP contribution in [0.2, 0.25) is 0 Å². The Labute approximate surface area is 367 Å². The lowest BCUT2D eigenvalue weighted by atomic mass is 9.97. The van der Waals surface area contributed by atoms with Gasteiger partial charge in [-0.1, -0.05) is 91.5 Å². The van der Waals surface area contributed by atoms with E-state index in [4.69, 9.17) is 4.42 Å². The minimum absolute atomic E-state index is 0.618. The van der Waals surface area contributed by atoms with E-state index in [9.17, 15) is 0 Å². The fourth-order valence-electron chi connectivity index (χ4n) is 9.48. The fraction of sp³-hybridized carbons (Fsp3) is 0.0179. The molecule has 4 aromatic heterocycles. The van der Waals surface area contributed by atoms with E-state index in [1.165, 1.54) is 0 Å². The van der Waals surface area contributed by atoms with Crippen molar-refractivity contribution in [2.45, 2.75) is 6.92 Å². The number of nitrogens with zero attached hydrogens (tertiary/aromatic N) is 7. The first-order valence-corrected chi connectivity index (χ1v) is 21.2. The molecule has 4 heterocycles. The number of hydrogen-bond donors (Lipinski definition) is 0. The number of hydrogen-bond acceptors (Lipinski definition) is 5. The summed E-state index contributed by atoms with van der Waals surface area (Å²) in [6.45, 7) is 5.79. The number of benzene rings is 8. The molecule has 12 rings (SSSR count). The molecule has 64 heavy (non-hydrogen) atoms. The second-order valence-corrected chi connectivity index (χ2v) is 15.7. The molecule has 0 N–H and O–H groups in total. The van der Waals surface area contributed by atoms with Crippen LogP contribution in [0.15, 0.2) is 210 Å². The molecular formula is C56H37N7O. The molecule has 0 fully saturated rings. The third kappa shape index (κ3) is 5.88. The number of rotatable bonds is 7. The second kappa shape index (κ2) is 15.0. The zero-order valence-electron chi connectivity index (χ0n) is 34.7. The first-order valence-electron chi connectivity index (χ1n) is 21.2. The summed E-state index contributed by atoms with van der Waals surface area (Å²) in [6.07, 6.45) is 6.43. The minimum atomic E-state index is 0.618. The van der Waals surface area contributed by atoms with Crippen LogP contribution >= 0.6 is 0 Å². The molecule has 0 atom stereocenters. The molecule has 8 aromatic carbocycles. The Morgan fingerprint density at radius 3 is 1.61 bits per heavy atom. The maximum absolute atomic E-state index is 6.49. The highest BCUT2D eigenvalue weighted by molar-refractivity contribution is 6.22. The van der Waals surface area contributed by atoms with Crippen LogP contribution < -0.4 is 0 Å². The molecule has 302 valence electrons. The first-order chi connectivity index (χ1) is 31.7. The van der Waals surface area contributed by atoms with Crippen LogP contribution in [0.5, 0.6) is 0 Å². The predicted molar refractivity (Wildman–Crippen MR) is 263 cm³/mol. The molecule has 0 spiro atoms. The van der Waals surface area contributed by atoms with Crippen molar-refractivity contribution in [2.24, 2.45) is 9.98 Å². The smallest absolute Gasteiger partial charge is 0.163 e. The van der Waals surface area contributed by atoms with E-state index >= 15 is 0 Å². The van der Waals surface area contributed by atoms with Crippen molar-refractivity contribution in [1.29, 1.82) is 0 Å². The largest absolute Gasteiger partial charge is 0.456 e. The van der Waals surface area contributed by atoms with Crippen molar-refractivity contribution in [3.8, 4) is 45.0 Å². The van der Waals surface area contributed by atoms with Gasteiger partial charge in [-0.05, 0) is 114 Å². The molecule has 0 saturated heterocycles. The molecule has 0 saturated carbocycles. The second-order valence-electron chi connectivity index (χ2n) is 15.7. The van der Waals surface area contributed by atoms with E-state index in [1.807, 2.05) is 19.1 Å². The van der Waals surface area contributed by atoms with Gasteiger partial charge in [0.15, 0.2) is 11.7 Å². The van der Waals surface area contributed by atoms with Crippen LogP contribution in [-0.4, -0.2) is 36.1 Å². The summed E-state index contributed by atoms with van der Waals surface area (Å²) < 4.78 is 11.1. The molecule has 0 radical (unpaired) electrons. The van der Waals surface area contributed by atoms with E-state index in [0.717, 1.165) is 110 Å². The van der Waals surface area contributed by atoms with Crippen LogP contribution in [0, 0.1) is 0 Å². The number of para-hydroxylation sites is 2.